The maximum Gasteiger partial charge on any atom is 0.316 e. The van der Waals surface area contributed by atoms with Gasteiger partial charge in [0.25, 0.3) is 0 Å². The molecule has 3 aromatic heterocycles. The second-order valence-corrected chi connectivity index (χ2v) is 9.06. The third-order valence-corrected chi connectivity index (χ3v) is 7.69. The van der Waals surface area contributed by atoms with Crippen LogP contribution in [0.15, 0.2) is 4.52 Å². The fraction of sp³-hybridized carbons (Fsp3) is 0.444. The van der Waals surface area contributed by atoms with E-state index in [9.17, 15) is 9.59 Å². The molecule has 0 radical (unpaired) electrons. The Morgan fingerprint density at radius 3 is 2.10 bits per heavy atom. The Hall–Kier alpha value is -2.04. The molecule has 13 heteroatoms. The summed E-state index contributed by atoms with van der Waals surface area (Å²) in [5.41, 5.74) is 3.77. The molecule has 3 aromatic rings. The van der Waals surface area contributed by atoms with Gasteiger partial charge >= 0.3 is 11.8 Å². The maximum absolute atomic E-state index is 12.2. The average molecular weight is 652 g/mol. The van der Waals surface area contributed by atoms with Gasteiger partial charge < -0.3 is 15.2 Å². The van der Waals surface area contributed by atoms with Crippen molar-refractivity contribution in [1.29, 1.82) is 0 Å². The van der Waals surface area contributed by atoms with Gasteiger partial charge in [0.1, 0.15) is 13.1 Å². The van der Waals surface area contributed by atoms with Crippen molar-refractivity contribution in [1.82, 2.24) is 40.3 Å². The Bertz CT molecular complexity index is 1120. The van der Waals surface area contributed by atoms with Crippen molar-refractivity contribution >= 4 is 57.0 Å². The number of nitrogens with one attached hydrogen (secondary N) is 2. The average Bonchev–Trinajstić information content (AvgIpc) is 3.36. The highest BCUT2D eigenvalue weighted by Gasteiger charge is 2.17. The third kappa shape index (κ3) is 5.61. The minimum atomic E-state index is -0.496. The molecule has 166 valence electrons. The Morgan fingerprint density at radius 1 is 0.935 bits per heavy atom. The summed E-state index contributed by atoms with van der Waals surface area (Å²) < 4.78 is 10.6. The first-order valence-corrected chi connectivity index (χ1v) is 11.6. The topological polar surface area (TPSA) is 133 Å². The summed E-state index contributed by atoms with van der Waals surface area (Å²) >= 11 is 4.44. The summed E-state index contributed by atoms with van der Waals surface area (Å²) in [6, 6.07) is 0. The van der Waals surface area contributed by atoms with Gasteiger partial charge in [-0.15, -0.1) is 0 Å². The number of rotatable bonds is 8. The lowest BCUT2D eigenvalue weighted by molar-refractivity contribution is -0.121. The first-order valence-electron chi connectivity index (χ1n) is 9.43. The number of aryl methyl sites for hydroxylation is 2. The van der Waals surface area contributed by atoms with Crippen LogP contribution in [-0.2, 0) is 17.9 Å². The lowest BCUT2D eigenvalue weighted by Gasteiger charge is -2.07. The van der Waals surface area contributed by atoms with Crippen LogP contribution in [0.2, 0.25) is 0 Å². The molecule has 31 heavy (non-hydrogen) atoms. The van der Waals surface area contributed by atoms with E-state index in [4.69, 9.17) is 4.52 Å². The highest BCUT2D eigenvalue weighted by Crippen LogP contribution is 2.16. The first kappa shape index (κ1) is 23.6. The van der Waals surface area contributed by atoms with Crippen LogP contribution in [-0.4, -0.2) is 54.6 Å². The molecule has 0 aromatic carbocycles. The molecule has 0 fully saturated rings. The predicted molar refractivity (Wildman–Crippen MR) is 128 cm³/mol. The zero-order valence-corrected chi connectivity index (χ0v) is 21.8. The van der Waals surface area contributed by atoms with E-state index in [0.29, 0.717) is 12.4 Å². The molecule has 11 nitrogen and oxygen atoms in total. The van der Waals surface area contributed by atoms with E-state index < -0.39 is 5.91 Å². The van der Waals surface area contributed by atoms with Crippen molar-refractivity contribution in [2.45, 2.75) is 40.8 Å². The van der Waals surface area contributed by atoms with E-state index >= 15 is 0 Å². The smallest absolute Gasteiger partial charge is 0.316 e. The minimum absolute atomic E-state index is 0.127. The Kier molecular flexibility index (Phi) is 7.66. The molecule has 0 aliphatic heterocycles. The summed E-state index contributed by atoms with van der Waals surface area (Å²) in [4.78, 5) is 28.4. The van der Waals surface area contributed by atoms with Gasteiger partial charge in [-0.1, -0.05) is 5.16 Å². The minimum Gasteiger partial charge on any atom is -0.353 e. The zero-order valence-electron chi connectivity index (χ0n) is 17.5. The molecule has 3 heterocycles. The van der Waals surface area contributed by atoms with Gasteiger partial charge in [0.15, 0.2) is 5.82 Å². The Morgan fingerprint density at radius 2 is 1.52 bits per heavy atom. The number of aromatic nitrogens is 6. The van der Waals surface area contributed by atoms with Crippen molar-refractivity contribution in [2.75, 3.05) is 13.1 Å². The molecule has 0 aliphatic rings. The van der Waals surface area contributed by atoms with Gasteiger partial charge in [0.2, 0.25) is 5.91 Å². The van der Waals surface area contributed by atoms with Crippen LogP contribution in [0.25, 0.3) is 0 Å². The summed E-state index contributed by atoms with van der Waals surface area (Å²) in [5, 5.41) is 18.0. The summed E-state index contributed by atoms with van der Waals surface area (Å²) in [6.45, 7) is 8.65. The fourth-order valence-corrected chi connectivity index (χ4v) is 3.62. The van der Waals surface area contributed by atoms with Crippen molar-refractivity contribution in [2.24, 2.45) is 0 Å². The quantitative estimate of drug-likeness (QED) is 0.279. The second kappa shape index (κ2) is 10.1. The van der Waals surface area contributed by atoms with E-state index in [1.165, 1.54) is 0 Å². The van der Waals surface area contributed by atoms with Crippen molar-refractivity contribution in [3.63, 3.8) is 0 Å². The van der Waals surface area contributed by atoms with Crippen molar-refractivity contribution in [3.05, 3.63) is 41.6 Å². The van der Waals surface area contributed by atoms with Gasteiger partial charge in [0.05, 0.1) is 18.5 Å². The Labute approximate surface area is 206 Å². The molecule has 0 bridgehead atoms. The molecule has 0 saturated heterocycles. The van der Waals surface area contributed by atoms with E-state index in [2.05, 4.69) is 76.2 Å². The molecule has 0 aliphatic carbocycles. The summed E-state index contributed by atoms with van der Waals surface area (Å²) in [6.07, 6.45) is 0. The van der Waals surface area contributed by atoms with Gasteiger partial charge in [-0.05, 0) is 72.9 Å². The maximum atomic E-state index is 12.2. The number of halogens is 2. The number of amides is 2. The number of hydrogen-bond acceptors (Lipinski definition) is 7. The van der Waals surface area contributed by atoms with E-state index in [0.717, 1.165) is 29.9 Å². The van der Waals surface area contributed by atoms with Crippen LogP contribution in [0.3, 0.4) is 0 Å². The normalized spacial score (nSPS) is 11.0. The highest BCUT2D eigenvalue weighted by molar-refractivity contribution is 14.1. The van der Waals surface area contributed by atoms with E-state index in [1.54, 1.807) is 9.36 Å². The largest absolute Gasteiger partial charge is 0.353 e. The summed E-state index contributed by atoms with van der Waals surface area (Å²) in [5.74, 6) is -0.449. The number of carbonyl (C=O) groups excluding carboxylic acids is 2. The lowest BCUT2D eigenvalue weighted by atomic mass is 10.4. The van der Waals surface area contributed by atoms with Gasteiger partial charge in [-0.25, -0.2) is 0 Å². The molecule has 2 N–H and O–H groups in total. The zero-order chi connectivity index (χ0) is 22.7. The molecule has 0 atom stereocenters. The number of hydrogen-bond donors (Lipinski definition) is 2. The third-order valence-electron chi connectivity index (χ3n) is 4.57. The van der Waals surface area contributed by atoms with Crippen LogP contribution in [0.4, 0.5) is 0 Å². The summed E-state index contributed by atoms with van der Waals surface area (Å²) in [7, 11) is 0. The van der Waals surface area contributed by atoms with Gasteiger partial charge in [0, 0.05) is 24.5 Å². The van der Waals surface area contributed by atoms with E-state index in [-0.39, 0.29) is 31.4 Å². The molecule has 3 rings (SSSR count). The molecule has 2 amide bonds. The predicted octanol–water partition coefficient (Wildman–Crippen LogP) is 1.50. The van der Waals surface area contributed by atoms with E-state index in [1.807, 2.05) is 27.7 Å². The second-order valence-electron chi connectivity index (χ2n) is 6.91. The molecule has 0 unspecified atom stereocenters. The SMILES string of the molecule is Cc1nn(CC(=O)NCCNC(=O)c2nc(Cn3nc(C)c(I)c3C)no2)c(C)c1I. The number of carbonyl (C=O) groups is 2. The van der Waals surface area contributed by atoms with Gasteiger partial charge in [-0.2, -0.15) is 15.2 Å². The van der Waals surface area contributed by atoms with Crippen molar-refractivity contribution in [3.8, 4) is 0 Å². The number of nitrogens with zero attached hydrogens (tertiary/aromatic N) is 6. The molecular weight excluding hydrogens is 630 g/mol. The monoisotopic (exact) mass is 652 g/mol. The standard InChI is InChI=1S/C18H22I2N8O3/c1-9-15(19)11(3)27(24-9)7-13-23-18(31-26-13)17(30)22-6-5-21-14(29)8-28-12(4)16(20)10(2)25-28/h5-8H2,1-4H3,(H,21,29)(H,22,30). The lowest BCUT2D eigenvalue weighted by Crippen LogP contribution is -2.36. The highest BCUT2D eigenvalue weighted by atomic mass is 127. The Balaban J connectivity index is 1.44. The van der Waals surface area contributed by atoms with Gasteiger partial charge in [-0.3, -0.25) is 19.0 Å². The van der Waals surface area contributed by atoms with Crippen molar-refractivity contribution < 1.29 is 14.1 Å². The van der Waals surface area contributed by atoms with Crippen LogP contribution in [0.1, 0.15) is 39.3 Å². The molecular formula is C18H22I2N8O3. The first-order chi connectivity index (χ1) is 14.7. The van der Waals surface area contributed by atoms with Crippen LogP contribution >= 0.6 is 45.2 Å². The van der Waals surface area contributed by atoms with Crippen LogP contribution in [0, 0.1) is 34.8 Å². The molecule has 0 saturated carbocycles. The van der Waals surface area contributed by atoms with Crippen LogP contribution in [0.5, 0.6) is 0 Å². The molecule has 0 spiro atoms. The van der Waals surface area contributed by atoms with Crippen LogP contribution < -0.4 is 10.6 Å². The fourth-order valence-electron chi connectivity index (χ4n) is 2.85.